The Balaban J connectivity index is 1.86. The van der Waals surface area contributed by atoms with Crippen molar-refractivity contribution in [1.29, 1.82) is 0 Å². The van der Waals surface area contributed by atoms with E-state index in [1.807, 2.05) is 24.3 Å². The molecule has 1 aromatic carbocycles. The van der Waals surface area contributed by atoms with E-state index in [2.05, 4.69) is 12.2 Å². The van der Waals surface area contributed by atoms with E-state index in [0.29, 0.717) is 25.3 Å². The molecule has 8 heteroatoms. The summed E-state index contributed by atoms with van der Waals surface area (Å²) in [5.41, 5.74) is 1.25. The maximum atomic E-state index is 12.5. The zero-order valence-electron chi connectivity index (χ0n) is 15.4. The number of hydrogen-bond acceptors (Lipinski definition) is 5. The van der Waals surface area contributed by atoms with Gasteiger partial charge in [0, 0.05) is 19.7 Å². The van der Waals surface area contributed by atoms with Crippen molar-refractivity contribution < 1.29 is 22.7 Å². The number of rotatable bonds is 9. The van der Waals surface area contributed by atoms with Gasteiger partial charge < -0.3 is 19.7 Å². The van der Waals surface area contributed by atoms with Gasteiger partial charge in [0.2, 0.25) is 0 Å². The third kappa shape index (κ3) is 6.17. The van der Waals surface area contributed by atoms with Crippen LogP contribution in [0, 0.1) is 0 Å². The third-order valence-corrected chi connectivity index (χ3v) is 6.12. The van der Waals surface area contributed by atoms with Crippen LogP contribution in [-0.2, 0) is 21.0 Å². The number of nitrogens with one attached hydrogen (secondary N) is 1. The van der Waals surface area contributed by atoms with E-state index in [0.717, 1.165) is 12.8 Å². The molecule has 1 saturated heterocycles. The molecule has 1 aromatic rings. The zero-order valence-corrected chi connectivity index (χ0v) is 16.3. The Morgan fingerprint density at radius 3 is 2.62 bits per heavy atom. The van der Waals surface area contributed by atoms with Crippen molar-refractivity contribution in [3.63, 3.8) is 0 Å². The molecule has 1 unspecified atom stereocenters. The first-order chi connectivity index (χ1) is 12.4. The summed E-state index contributed by atoms with van der Waals surface area (Å²) in [5, 5.41) is 2.70. The summed E-state index contributed by atoms with van der Waals surface area (Å²) in [6.45, 7) is 2.84. The molecule has 26 heavy (non-hydrogen) atoms. The van der Waals surface area contributed by atoms with Crippen molar-refractivity contribution in [2.24, 2.45) is 0 Å². The average Bonchev–Trinajstić information content (AvgIpc) is 2.97. The average molecular weight is 384 g/mol. The number of nitrogens with zero attached hydrogens (tertiary/aromatic N) is 1. The van der Waals surface area contributed by atoms with Crippen molar-refractivity contribution in [3.05, 3.63) is 29.8 Å². The lowest BCUT2D eigenvalue weighted by atomic mass is 10.1. The number of benzene rings is 1. The highest BCUT2D eigenvalue weighted by atomic mass is 32.2. The lowest BCUT2D eigenvalue weighted by molar-refractivity contribution is 0.129. The highest BCUT2D eigenvalue weighted by molar-refractivity contribution is 7.91. The van der Waals surface area contributed by atoms with Crippen LogP contribution in [0.15, 0.2) is 24.3 Å². The van der Waals surface area contributed by atoms with Crippen molar-refractivity contribution in [1.82, 2.24) is 10.2 Å². The predicted octanol–water partition coefficient (Wildman–Crippen LogP) is 1.82. The lowest BCUT2D eigenvalue weighted by Crippen LogP contribution is -2.49. The Bertz CT molecular complexity index is 675. The number of carbonyl (C=O) groups is 1. The predicted molar refractivity (Wildman–Crippen MR) is 100 cm³/mol. The fourth-order valence-electron chi connectivity index (χ4n) is 2.98. The molecule has 1 aliphatic heterocycles. The molecule has 1 N–H and O–H groups in total. The molecule has 2 rings (SSSR count). The van der Waals surface area contributed by atoms with Gasteiger partial charge in [0.25, 0.3) is 0 Å². The first kappa shape index (κ1) is 20.5. The molecule has 2 amide bonds. The quantitative estimate of drug-likeness (QED) is 0.657. The zero-order chi connectivity index (χ0) is 19.0. The first-order valence-corrected chi connectivity index (χ1v) is 10.7. The molecule has 1 fully saturated rings. The van der Waals surface area contributed by atoms with Crippen molar-refractivity contribution in [2.45, 2.75) is 32.2 Å². The minimum atomic E-state index is -3.07. The molecular formula is C18H28N2O5S. The summed E-state index contributed by atoms with van der Waals surface area (Å²) in [7, 11) is -1.52. The fraction of sp³-hybridized carbons (Fsp3) is 0.611. The van der Waals surface area contributed by atoms with Crippen LogP contribution in [0.25, 0.3) is 0 Å². The smallest absolute Gasteiger partial charge is 0.320 e. The maximum absolute atomic E-state index is 12.5. The highest BCUT2D eigenvalue weighted by Gasteiger charge is 2.34. The summed E-state index contributed by atoms with van der Waals surface area (Å²) in [4.78, 5) is 14.0. The molecule has 0 aliphatic carbocycles. The van der Waals surface area contributed by atoms with Crippen LogP contribution in [0.1, 0.15) is 25.3 Å². The summed E-state index contributed by atoms with van der Waals surface area (Å²) in [6, 6.07) is 7.12. The number of ether oxygens (including phenoxy) is 2. The molecule has 7 nitrogen and oxygen atoms in total. The Labute approximate surface area is 155 Å². The second kappa shape index (κ2) is 9.78. The molecule has 1 aliphatic rings. The van der Waals surface area contributed by atoms with Crippen LogP contribution in [0.5, 0.6) is 5.75 Å². The van der Waals surface area contributed by atoms with E-state index in [4.69, 9.17) is 9.47 Å². The first-order valence-electron chi connectivity index (χ1n) is 8.90. The molecule has 0 spiro atoms. The van der Waals surface area contributed by atoms with Gasteiger partial charge in [0.1, 0.15) is 5.75 Å². The van der Waals surface area contributed by atoms with E-state index >= 15 is 0 Å². The van der Waals surface area contributed by atoms with E-state index in [9.17, 15) is 13.2 Å². The van der Waals surface area contributed by atoms with E-state index < -0.39 is 9.84 Å². The maximum Gasteiger partial charge on any atom is 0.320 e. The van der Waals surface area contributed by atoms with Crippen LogP contribution < -0.4 is 10.1 Å². The standard InChI is InChI=1S/C18H28N2O5S/c1-3-4-15-5-7-17(8-6-15)25-14-19-18(21)20(10-11-24-2)16-9-12-26(22,23)13-16/h5-8,16H,3-4,9-14H2,1-2H3,(H,19,21). The van der Waals surface area contributed by atoms with Gasteiger partial charge in [-0.2, -0.15) is 0 Å². The molecule has 0 bridgehead atoms. The van der Waals surface area contributed by atoms with Gasteiger partial charge >= 0.3 is 6.03 Å². The largest absolute Gasteiger partial charge is 0.473 e. The molecule has 0 aromatic heterocycles. The molecular weight excluding hydrogens is 356 g/mol. The minimum Gasteiger partial charge on any atom is -0.473 e. The molecule has 0 saturated carbocycles. The van der Waals surface area contributed by atoms with Gasteiger partial charge in [0.15, 0.2) is 16.6 Å². The normalized spacial score (nSPS) is 18.5. The number of amides is 2. The molecule has 0 radical (unpaired) electrons. The van der Waals surface area contributed by atoms with Gasteiger partial charge in [0.05, 0.1) is 18.1 Å². The van der Waals surface area contributed by atoms with Crippen LogP contribution >= 0.6 is 0 Å². The second-order valence-electron chi connectivity index (χ2n) is 6.41. The van der Waals surface area contributed by atoms with Crippen LogP contribution in [0.4, 0.5) is 4.79 Å². The number of methoxy groups -OCH3 is 1. The summed E-state index contributed by atoms with van der Waals surface area (Å²) < 4.78 is 34.0. The third-order valence-electron chi connectivity index (χ3n) is 4.37. The minimum absolute atomic E-state index is 0.00385. The number of hydrogen-bond donors (Lipinski definition) is 1. The Kier molecular flexibility index (Phi) is 7.71. The number of urea groups is 1. The summed E-state index contributed by atoms with van der Waals surface area (Å²) >= 11 is 0. The van der Waals surface area contributed by atoms with E-state index in [1.165, 1.54) is 10.5 Å². The Morgan fingerprint density at radius 2 is 2.04 bits per heavy atom. The number of sulfone groups is 1. The molecule has 1 atom stereocenters. The van der Waals surface area contributed by atoms with Crippen LogP contribution in [-0.4, -0.2) is 63.9 Å². The number of aryl methyl sites for hydroxylation is 1. The topological polar surface area (TPSA) is 84.9 Å². The summed E-state index contributed by atoms with van der Waals surface area (Å²) in [6.07, 6.45) is 2.57. The van der Waals surface area contributed by atoms with Crippen LogP contribution in [0.2, 0.25) is 0 Å². The van der Waals surface area contributed by atoms with Gasteiger partial charge in [-0.3, -0.25) is 0 Å². The second-order valence-corrected chi connectivity index (χ2v) is 8.64. The Morgan fingerprint density at radius 1 is 1.31 bits per heavy atom. The SMILES string of the molecule is CCCc1ccc(OCNC(=O)N(CCOC)C2CCS(=O)(=O)C2)cc1. The van der Waals surface area contributed by atoms with E-state index in [1.54, 1.807) is 7.11 Å². The highest BCUT2D eigenvalue weighted by Crippen LogP contribution is 2.18. The monoisotopic (exact) mass is 384 g/mol. The van der Waals surface area contributed by atoms with Gasteiger partial charge in [-0.05, 0) is 30.5 Å². The van der Waals surface area contributed by atoms with Crippen LogP contribution in [0.3, 0.4) is 0 Å². The lowest BCUT2D eigenvalue weighted by Gasteiger charge is -2.28. The fourth-order valence-corrected chi connectivity index (χ4v) is 4.72. The Hall–Kier alpha value is -1.80. The number of carbonyl (C=O) groups excluding carboxylic acids is 1. The molecule has 146 valence electrons. The van der Waals surface area contributed by atoms with Crippen molar-refractivity contribution in [2.75, 3.05) is 38.5 Å². The van der Waals surface area contributed by atoms with Gasteiger partial charge in [-0.15, -0.1) is 0 Å². The van der Waals surface area contributed by atoms with E-state index in [-0.39, 0.29) is 30.3 Å². The van der Waals surface area contributed by atoms with Gasteiger partial charge in [-0.25, -0.2) is 13.2 Å². The molecule has 1 heterocycles. The summed E-state index contributed by atoms with van der Waals surface area (Å²) in [5.74, 6) is 0.802. The van der Waals surface area contributed by atoms with Gasteiger partial charge in [-0.1, -0.05) is 25.5 Å². The van der Waals surface area contributed by atoms with Crippen molar-refractivity contribution in [3.8, 4) is 5.75 Å². The van der Waals surface area contributed by atoms with Crippen molar-refractivity contribution >= 4 is 15.9 Å².